The molecule has 0 spiro atoms. The molecule has 3 nitrogen and oxygen atoms in total. The minimum atomic E-state index is 0.413. The molecule has 1 aliphatic rings. The molecule has 1 saturated carbocycles. The number of hydrogen-bond acceptors (Lipinski definition) is 2. The standard InChI is InChI=1S/C17H30BrN3/c1-13(2)11-19-12-17(8-6-5-7-9-17)10-15-16(18)14(3)20-21(15)4/h13,19H,5-12H2,1-4H3. The Bertz CT molecular complexity index is 459. The molecule has 1 aliphatic carbocycles. The number of rotatable bonds is 6. The number of aryl methyl sites for hydroxylation is 2. The summed E-state index contributed by atoms with van der Waals surface area (Å²) in [6, 6.07) is 0. The van der Waals surface area contributed by atoms with Crippen LogP contribution in [0.4, 0.5) is 0 Å². The summed E-state index contributed by atoms with van der Waals surface area (Å²) in [7, 11) is 2.07. The fourth-order valence-electron chi connectivity index (χ4n) is 3.57. The molecule has 0 saturated heterocycles. The van der Waals surface area contributed by atoms with Crippen molar-refractivity contribution in [2.24, 2.45) is 18.4 Å². The highest BCUT2D eigenvalue weighted by molar-refractivity contribution is 9.10. The summed E-state index contributed by atoms with van der Waals surface area (Å²) in [6.45, 7) is 8.90. The van der Waals surface area contributed by atoms with Gasteiger partial charge in [0.2, 0.25) is 0 Å². The van der Waals surface area contributed by atoms with Gasteiger partial charge in [-0.15, -0.1) is 0 Å². The lowest BCUT2D eigenvalue weighted by Gasteiger charge is -2.38. The van der Waals surface area contributed by atoms with Crippen molar-refractivity contribution in [3.05, 3.63) is 15.9 Å². The maximum Gasteiger partial charge on any atom is 0.0738 e. The molecule has 0 aromatic carbocycles. The molecule has 0 amide bonds. The summed E-state index contributed by atoms with van der Waals surface area (Å²) in [5.74, 6) is 0.719. The molecule has 1 aromatic rings. The Kier molecular flexibility index (Phi) is 5.89. The normalized spacial score (nSPS) is 18.4. The Labute approximate surface area is 138 Å². The van der Waals surface area contributed by atoms with Crippen molar-refractivity contribution in [2.45, 2.75) is 59.3 Å². The number of aromatic nitrogens is 2. The quantitative estimate of drug-likeness (QED) is 0.827. The summed E-state index contributed by atoms with van der Waals surface area (Å²) in [5.41, 5.74) is 2.88. The first kappa shape index (κ1) is 17.0. The molecule has 1 N–H and O–H groups in total. The molecule has 120 valence electrons. The van der Waals surface area contributed by atoms with Crippen LogP contribution in [0.2, 0.25) is 0 Å². The molecule has 0 aliphatic heterocycles. The van der Waals surface area contributed by atoms with Crippen molar-refractivity contribution in [3.63, 3.8) is 0 Å². The van der Waals surface area contributed by atoms with Crippen LogP contribution in [0.25, 0.3) is 0 Å². The van der Waals surface area contributed by atoms with E-state index in [1.165, 1.54) is 42.3 Å². The average Bonchev–Trinajstić information content (AvgIpc) is 2.66. The van der Waals surface area contributed by atoms with Crippen LogP contribution in [0.3, 0.4) is 0 Å². The number of hydrogen-bond donors (Lipinski definition) is 1. The largest absolute Gasteiger partial charge is 0.316 e. The summed E-state index contributed by atoms with van der Waals surface area (Å²) in [5, 5.41) is 8.28. The molecule has 4 heteroatoms. The molecule has 1 heterocycles. The molecule has 0 bridgehead atoms. The molecule has 0 unspecified atom stereocenters. The Morgan fingerprint density at radius 1 is 1.29 bits per heavy atom. The monoisotopic (exact) mass is 355 g/mol. The van der Waals surface area contributed by atoms with E-state index in [2.05, 4.69) is 58.8 Å². The third-order valence-electron chi connectivity index (χ3n) is 4.77. The fraction of sp³-hybridized carbons (Fsp3) is 0.824. The van der Waals surface area contributed by atoms with Gasteiger partial charge in [0.1, 0.15) is 0 Å². The topological polar surface area (TPSA) is 29.9 Å². The van der Waals surface area contributed by atoms with E-state index in [0.29, 0.717) is 5.41 Å². The van der Waals surface area contributed by atoms with Gasteiger partial charge in [-0.25, -0.2) is 0 Å². The number of nitrogens with zero attached hydrogens (tertiary/aromatic N) is 2. The third kappa shape index (κ3) is 4.32. The Morgan fingerprint density at radius 3 is 2.48 bits per heavy atom. The molecule has 0 atom stereocenters. The lowest BCUT2D eigenvalue weighted by molar-refractivity contribution is 0.175. The van der Waals surface area contributed by atoms with Gasteiger partial charge >= 0.3 is 0 Å². The number of nitrogens with one attached hydrogen (secondary N) is 1. The Balaban J connectivity index is 2.12. The van der Waals surface area contributed by atoms with Crippen molar-refractivity contribution < 1.29 is 0 Å². The molecule has 1 fully saturated rings. The second-order valence-electron chi connectivity index (χ2n) is 7.23. The smallest absolute Gasteiger partial charge is 0.0738 e. The van der Waals surface area contributed by atoms with Crippen molar-refractivity contribution >= 4 is 15.9 Å². The first-order valence-corrected chi connectivity index (χ1v) is 9.11. The zero-order valence-electron chi connectivity index (χ0n) is 14.0. The van der Waals surface area contributed by atoms with Crippen LogP contribution >= 0.6 is 15.9 Å². The van der Waals surface area contributed by atoms with Crippen molar-refractivity contribution in [1.82, 2.24) is 15.1 Å². The Hall–Kier alpha value is -0.350. The number of halogens is 1. The Morgan fingerprint density at radius 2 is 1.95 bits per heavy atom. The van der Waals surface area contributed by atoms with Gasteiger partial charge in [0.25, 0.3) is 0 Å². The van der Waals surface area contributed by atoms with Gasteiger partial charge in [-0.05, 0) is 60.0 Å². The maximum absolute atomic E-state index is 4.57. The van der Waals surface area contributed by atoms with E-state index in [9.17, 15) is 0 Å². The van der Waals surface area contributed by atoms with Crippen LogP contribution in [0, 0.1) is 18.3 Å². The molecule has 21 heavy (non-hydrogen) atoms. The van der Waals surface area contributed by atoms with E-state index in [4.69, 9.17) is 0 Å². The van der Waals surface area contributed by atoms with E-state index in [0.717, 1.165) is 31.1 Å². The van der Waals surface area contributed by atoms with E-state index in [1.54, 1.807) is 0 Å². The van der Waals surface area contributed by atoms with Crippen molar-refractivity contribution in [3.8, 4) is 0 Å². The third-order valence-corrected chi connectivity index (χ3v) is 5.80. The van der Waals surface area contributed by atoms with Crippen LogP contribution in [0.5, 0.6) is 0 Å². The molecular formula is C17H30BrN3. The van der Waals surface area contributed by atoms with Crippen molar-refractivity contribution in [2.75, 3.05) is 13.1 Å². The van der Waals surface area contributed by atoms with Gasteiger partial charge in [0.15, 0.2) is 0 Å². The fourth-order valence-corrected chi connectivity index (χ4v) is 4.05. The van der Waals surface area contributed by atoms with Crippen molar-refractivity contribution in [1.29, 1.82) is 0 Å². The molecule has 0 radical (unpaired) electrons. The van der Waals surface area contributed by atoms with Gasteiger partial charge in [-0.1, -0.05) is 33.1 Å². The van der Waals surface area contributed by atoms with E-state index in [-0.39, 0.29) is 0 Å². The molecular weight excluding hydrogens is 326 g/mol. The van der Waals surface area contributed by atoms with E-state index in [1.807, 2.05) is 0 Å². The predicted molar refractivity (Wildman–Crippen MR) is 92.6 cm³/mol. The van der Waals surface area contributed by atoms with Crippen LogP contribution < -0.4 is 5.32 Å². The van der Waals surface area contributed by atoms with Gasteiger partial charge < -0.3 is 5.32 Å². The second kappa shape index (κ2) is 7.28. The predicted octanol–water partition coefficient (Wildman–Crippen LogP) is 4.23. The summed E-state index contributed by atoms with van der Waals surface area (Å²) >= 11 is 3.74. The zero-order valence-corrected chi connectivity index (χ0v) is 15.6. The first-order chi connectivity index (χ1) is 9.93. The second-order valence-corrected chi connectivity index (χ2v) is 8.02. The van der Waals surface area contributed by atoms with Gasteiger partial charge in [0, 0.05) is 13.6 Å². The summed E-state index contributed by atoms with van der Waals surface area (Å²) in [4.78, 5) is 0. The SMILES string of the molecule is Cc1nn(C)c(CC2(CNCC(C)C)CCCCC2)c1Br. The van der Waals surface area contributed by atoms with Gasteiger partial charge in [-0.3, -0.25) is 4.68 Å². The van der Waals surface area contributed by atoms with E-state index >= 15 is 0 Å². The van der Waals surface area contributed by atoms with E-state index < -0.39 is 0 Å². The zero-order chi connectivity index (χ0) is 15.5. The van der Waals surface area contributed by atoms with Crippen LogP contribution in [-0.2, 0) is 13.5 Å². The highest BCUT2D eigenvalue weighted by atomic mass is 79.9. The minimum absolute atomic E-state index is 0.413. The van der Waals surface area contributed by atoms with Crippen LogP contribution in [0.15, 0.2) is 4.47 Å². The summed E-state index contributed by atoms with van der Waals surface area (Å²) in [6.07, 6.45) is 7.96. The van der Waals surface area contributed by atoms with Crippen LogP contribution in [0.1, 0.15) is 57.3 Å². The minimum Gasteiger partial charge on any atom is -0.316 e. The lowest BCUT2D eigenvalue weighted by atomic mass is 9.71. The van der Waals surface area contributed by atoms with Gasteiger partial charge in [0.05, 0.1) is 15.9 Å². The highest BCUT2D eigenvalue weighted by Crippen LogP contribution is 2.40. The average molecular weight is 356 g/mol. The molecule has 1 aromatic heterocycles. The summed E-state index contributed by atoms with van der Waals surface area (Å²) < 4.78 is 3.27. The highest BCUT2D eigenvalue weighted by Gasteiger charge is 2.33. The first-order valence-electron chi connectivity index (χ1n) is 8.32. The maximum atomic E-state index is 4.57. The lowest BCUT2D eigenvalue weighted by Crippen LogP contribution is -2.39. The molecule has 2 rings (SSSR count). The van der Waals surface area contributed by atoms with Gasteiger partial charge in [-0.2, -0.15) is 5.10 Å². The van der Waals surface area contributed by atoms with Crippen LogP contribution in [-0.4, -0.2) is 22.9 Å².